The van der Waals surface area contributed by atoms with E-state index in [1.54, 1.807) is 7.11 Å². The Labute approximate surface area is 166 Å². The van der Waals surface area contributed by atoms with Gasteiger partial charge in [0.05, 0.1) is 18.9 Å². The van der Waals surface area contributed by atoms with Crippen molar-refractivity contribution >= 4 is 16.8 Å². The molecular formula is C23H19N2O4+. The van der Waals surface area contributed by atoms with Crippen molar-refractivity contribution in [3.05, 3.63) is 82.8 Å². The van der Waals surface area contributed by atoms with Gasteiger partial charge in [-0.15, -0.1) is 0 Å². The fraction of sp³-hybridized carbons (Fsp3) is 0.130. The van der Waals surface area contributed by atoms with Crippen molar-refractivity contribution in [3.63, 3.8) is 0 Å². The number of hydrogen-bond donors (Lipinski definition) is 0. The molecule has 6 heteroatoms. The summed E-state index contributed by atoms with van der Waals surface area (Å²) in [6.07, 6.45) is 1.87. The second-order valence-electron chi connectivity index (χ2n) is 6.85. The van der Waals surface area contributed by atoms with Gasteiger partial charge in [-0.2, -0.15) is 0 Å². The average Bonchev–Trinajstić information content (AvgIpc) is 2.79. The molecule has 1 aliphatic rings. The van der Waals surface area contributed by atoms with Crippen LogP contribution in [-0.2, 0) is 6.54 Å². The molecule has 0 bridgehead atoms. The number of fused-ring (bicyclic) bond motifs is 3. The van der Waals surface area contributed by atoms with Crippen molar-refractivity contribution in [2.45, 2.75) is 6.54 Å². The Bertz CT molecular complexity index is 1230. The van der Waals surface area contributed by atoms with Crippen molar-refractivity contribution in [3.8, 4) is 22.6 Å². The number of ether oxygens (including phenoxy) is 2. The first-order valence-electron chi connectivity index (χ1n) is 9.31. The lowest BCUT2D eigenvalue weighted by atomic mass is 9.99. The summed E-state index contributed by atoms with van der Waals surface area (Å²) in [5, 5.41) is 0.871. The Morgan fingerprint density at radius 1 is 1.07 bits per heavy atom. The van der Waals surface area contributed by atoms with Crippen LogP contribution in [0.1, 0.15) is 5.56 Å². The zero-order chi connectivity index (χ0) is 19.8. The van der Waals surface area contributed by atoms with Crippen molar-refractivity contribution in [2.75, 3.05) is 18.7 Å². The summed E-state index contributed by atoms with van der Waals surface area (Å²) in [4.78, 5) is 17.7. The molecule has 6 nitrogen and oxygen atoms in total. The highest BCUT2D eigenvalue weighted by atomic mass is 16.5. The van der Waals surface area contributed by atoms with Crippen molar-refractivity contribution in [2.24, 2.45) is 0 Å². The van der Waals surface area contributed by atoms with Gasteiger partial charge in [-0.05, 0) is 41.5 Å². The van der Waals surface area contributed by atoms with Gasteiger partial charge in [0.15, 0.2) is 0 Å². The van der Waals surface area contributed by atoms with E-state index in [4.69, 9.17) is 13.9 Å². The van der Waals surface area contributed by atoms with Crippen molar-refractivity contribution < 1.29 is 18.9 Å². The van der Waals surface area contributed by atoms with E-state index in [2.05, 4.69) is 9.88 Å². The fourth-order valence-corrected chi connectivity index (χ4v) is 3.68. The number of nitrogens with zero attached hydrogens (tertiary/aromatic N) is 1. The highest BCUT2D eigenvalue weighted by Crippen LogP contribution is 2.36. The fourth-order valence-electron chi connectivity index (χ4n) is 3.68. The van der Waals surface area contributed by atoms with E-state index in [9.17, 15) is 4.79 Å². The molecular weight excluding hydrogens is 368 g/mol. The number of aromatic amines is 1. The largest absolute Gasteiger partial charge is 0.497 e. The molecule has 0 saturated heterocycles. The minimum absolute atomic E-state index is 0.389. The number of nitrogens with one attached hydrogen (secondary N) is 1. The molecule has 1 N–H and O–H groups in total. The summed E-state index contributed by atoms with van der Waals surface area (Å²) < 4.78 is 16.8. The Hall–Kier alpha value is -3.80. The minimum Gasteiger partial charge on any atom is -0.497 e. The molecule has 2 aromatic carbocycles. The Balaban J connectivity index is 1.65. The number of pyridine rings is 1. The Morgan fingerprint density at radius 2 is 1.93 bits per heavy atom. The van der Waals surface area contributed by atoms with Gasteiger partial charge >= 0.3 is 5.63 Å². The molecule has 3 heterocycles. The van der Waals surface area contributed by atoms with Gasteiger partial charge in [0.1, 0.15) is 23.6 Å². The predicted molar refractivity (Wildman–Crippen MR) is 109 cm³/mol. The topological polar surface area (TPSA) is 66.1 Å². The zero-order valence-electron chi connectivity index (χ0n) is 15.8. The average molecular weight is 387 g/mol. The highest BCUT2D eigenvalue weighted by molar-refractivity contribution is 5.96. The van der Waals surface area contributed by atoms with Gasteiger partial charge in [-0.1, -0.05) is 18.2 Å². The zero-order valence-corrected chi connectivity index (χ0v) is 15.8. The van der Waals surface area contributed by atoms with Crippen LogP contribution in [-0.4, -0.2) is 13.8 Å². The standard InChI is InChI=1S/C23H18N2O4/c1-27-16-7-5-15(6-8-16)18-12-22(26)29-23-17(18)9-10-20-19(23)13-25(14-28-20)21-4-2-3-11-24-21/h2-12H,13-14H2,1H3/p+1. The smallest absolute Gasteiger partial charge is 0.336 e. The van der Waals surface area contributed by atoms with Gasteiger partial charge < -0.3 is 13.9 Å². The molecule has 0 atom stereocenters. The monoisotopic (exact) mass is 387 g/mol. The molecule has 0 amide bonds. The Morgan fingerprint density at radius 3 is 2.69 bits per heavy atom. The lowest BCUT2D eigenvalue weighted by Gasteiger charge is -2.25. The van der Waals surface area contributed by atoms with Crippen LogP contribution in [0.2, 0.25) is 0 Å². The van der Waals surface area contributed by atoms with Gasteiger partial charge in [0.2, 0.25) is 6.73 Å². The molecule has 2 aromatic heterocycles. The van der Waals surface area contributed by atoms with Crippen LogP contribution < -0.4 is 25.0 Å². The van der Waals surface area contributed by atoms with E-state index in [1.807, 2.05) is 60.8 Å². The van der Waals surface area contributed by atoms with Crippen LogP contribution in [0, 0.1) is 0 Å². The number of hydrogen-bond acceptors (Lipinski definition) is 5. The van der Waals surface area contributed by atoms with E-state index in [0.717, 1.165) is 39.4 Å². The maximum Gasteiger partial charge on any atom is 0.336 e. The highest BCUT2D eigenvalue weighted by Gasteiger charge is 2.27. The third-order valence-corrected chi connectivity index (χ3v) is 5.13. The number of aromatic nitrogens is 1. The van der Waals surface area contributed by atoms with Gasteiger partial charge in [-0.25, -0.2) is 14.7 Å². The van der Waals surface area contributed by atoms with Crippen molar-refractivity contribution in [1.29, 1.82) is 0 Å². The van der Waals surface area contributed by atoms with E-state index in [0.29, 0.717) is 18.9 Å². The van der Waals surface area contributed by atoms with Gasteiger partial charge in [-0.3, -0.25) is 0 Å². The second kappa shape index (κ2) is 6.98. The molecule has 0 radical (unpaired) electrons. The molecule has 4 aromatic rings. The Kier molecular flexibility index (Phi) is 4.17. The van der Waals surface area contributed by atoms with Crippen LogP contribution in [0.15, 0.2) is 76.1 Å². The first-order valence-corrected chi connectivity index (χ1v) is 9.31. The third-order valence-electron chi connectivity index (χ3n) is 5.13. The van der Waals surface area contributed by atoms with E-state index in [1.165, 1.54) is 6.07 Å². The first kappa shape index (κ1) is 17.3. The molecule has 0 unspecified atom stereocenters. The van der Waals surface area contributed by atoms with Crippen molar-refractivity contribution in [1.82, 2.24) is 0 Å². The molecule has 0 fully saturated rings. The maximum atomic E-state index is 12.4. The van der Waals surface area contributed by atoms with Gasteiger partial charge in [0.25, 0.3) is 5.82 Å². The SMILES string of the molecule is COc1ccc(-c2cc(=O)oc3c4c(ccc23)OCN(c2cccc[nH+]2)C4)cc1. The normalized spacial score (nSPS) is 13.1. The van der Waals surface area contributed by atoms with Gasteiger partial charge in [0, 0.05) is 17.5 Å². The number of anilines is 1. The number of methoxy groups -OCH3 is 1. The lowest BCUT2D eigenvalue weighted by molar-refractivity contribution is -0.364. The third kappa shape index (κ3) is 3.08. The molecule has 144 valence electrons. The number of benzene rings is 2. The predicted octanol–water partition coefficient (Wildman–Crippen LogP) is 3.64. The van der Waals surface area contributed by atoms with E-state index >= 15 is 0 Å². The van der Waals surface area contributed by atoms with Crippen LogP contribution in [0.25, 0.3) is 22.1 Å². The number of H-pyrrole nitrogens is 1. The van der Waals surface area contributed by atoms with Crippen LogP contribution in [0.4, 0.5) is 5.82 Å². The van der Waals surface area contributed by atoms with Crippen LogP contribution in [0.3, 0.4) is 0 Å². The number of rotatable bonds is 3. The van der Waals surface area contributed by atoms with Crippen LogP contribution >= 0.6 is 0 Å². The molecule has 0 saturated carbocycles. The molecule has 1 aliphatic heterocycles. The summed E-state index contributed by atoms with van der Waals surface area (Å²) in [6, 6.07) is 18.9. The maximum absolute atomic E-state index is 12.4. The minimum atomic E-state index is -0.389. The van der Waals surface area contributed by atoms with E-state index < -0.39 is 0 Å². The first-order chi connectivity index (χ1) is 14.2. The molecule has 5 rings (SSSR count). The quantitative estimate of drug-likeness (QED) is 0.502. The lowest BCUT2D eigenvalue weighted by Crippen LogP contribution is -2.35. The van der Waals surface area contributed by atoms with Crippen LogP contribution in [0.5, 0.6) is 11.5 Å². The summed E-state index contributed by atoms with van der Waals surface area (Å²) in [5.41, 5.74) is 2.78. The summed E-state index contributed by atoms with van der Waals surface area (Å²) in [5.74, 6) is 2.44. The molecule has 0 spiro atoms. The molecule has 0 aliphatic carbocycles. The summed E-state index contributed by atoms with van der Waals surface area (Å²) >= 11 is 0. The second-order valence-corrected chi connectivity index (χ2v) is 6.85. The van der Waals surface area contributed by atoms with E-state index in [-0.39, 0.29) is 5.63 Å². The molecule has 29 heavy (non-hydrogen) atoms. The summed E-state index contributed by atoms with van der Waals surface area (Å²) in [7, 11) is 1.63. The summed E-state index contributed by atoms with van der Waals surface area (Å²) in [6.45, 7) is 0.990.